The average Bonchev–Trinajstić information content (AvgIpc) is 2.78. The number of hydrogen-bond donors (Lipinski definition) is 2. The van der Waals surface area contributed by atoms with Gasteiger partial charge in [-0.25, -0.2) is 4.39 Å². The van der Waals surface area contributed by atoms with Crippen molar-refractivity contribution in [3.8, 4) is 0 Å². The molecule has 160 valence electrons. The van der Waals surface area contributed by atoms with Gasteiger partial charge in [0.25, 0.3) is 5.69 Å². The Balaban J connectivity index is 1.60. The zero-order valence-corrected chi connectivity index (χ0v) is 16.9. The minimum absolute atomic E-state index is 0.0485. The molecule has 0 spiro atoms. The van der Waals surface area contributed by atoms with Gasteiger partial charge in [-0.2, -0.15) is 0 Å². The Morgan fingerprint density at radius 3 is 2.43 bits per heavy atom. The van der Waals surface area contributed by atoms with Crippen molar-refractivity contribution in [2.24, 2.45) is 4.99 Å². The number of nitrogens with one attached hydrogen (secondary N) is 2. The van der Waals surface area contributed by atoms with E-state index in [0.29, 0.717) is 32.3 Å². The maximum absolute atomic E-state index is 13.4. The molecule has 0 aromatic heterocycles. The van der Waals surface area contributed by atoms with Gasteiger partial charge in [0.2, 0.25) is 0 Å². The first-order chi connectivity index (χ1) is 14.6. The molecule has 0 bridgehead atoms. The predicted octanol–water partition coefficient (Wildman–Crippen LogP) is 2.47. The summed E-state index contributed by atoms with van der Waals surface area (Å²) in [7, 11) is 1.69. The zero-order chi connectivity index (χ0) is 21.3. The van der Waals surface area contributed by atoms with E-state index < -0.39 is 4.92 Å². The summed E-state index contributed by atoms with van der Waals surface area (Å²) < 4.78 is 18.8. The van der Waals surface area contributed by atoms with Crippen LogP contribution in [0.15, 0.2) is 53.5 Å². The number of guanidine groups is 1. The number of hydrogen-bond acceptors (Lipinski definition) is 5. The lowest BCUT2D eigenvalue weighted by Crippen LogP contribution is -2.46. The van der Waals surface area contributed by atoms with Gasteiger partial charge in [-0.05, 0) is 23.3 Å². The minimum Gasteiger partial charge on any atom is -0.379 e. The van der Waals surface area contributed by atoms with Crippen molar-refractivity contribution >= 4 is 11.6 Å². The number of nitro groups is 1. The Morgan fingerprint density at radius 1 is 1.17 bits per heavy atom. The number of aliphatic imine (C=N–C) groups is 1. The molecular weight excluding hydrogens is 389 g/mol. The molecule has 1 saturated heterocycles. The number of nitro benzene ring substituents is 1. The van der Waals surface area contributed by atoms with Crippen molar-refractivity contribution < 1.29 is 14.1 Å². The van der Waals surface area contributed by atoms with Crippen molar-refractivity contribution in [2.75, 3.05) is 39.9 Å². The topological polar surface area (TPSA) is 92.0 Å². The average molecular weight is 415 g/mol. The third kappa shape index (κ3) is 5.98. The standard InChI is InChI=1S/C21H26FN5O3/c1-23-21(24-14-16-2-8-19(9-3-16)27(28)29)25-15-20(26-10-12-30-13-11-26)17-4-6-18(22)7-5-17/h2-9,20H,10-15H2,1H3,(H2,23,24,25). The largest absolute Gasteiger partial charge is 0.379 e. The highest BCUT2D eigenvalue weighted by Gasteiger charge is 2.23. The highest BCUT2D eigenvalue weighted by atomic mass is 19.1. The number of ether oxygens (including phenoxy) is 1. The summed E-state index contributed by atoms with van der Waals surface area (Å²) in [5, 5.41) is 17.3. The van der Waals surface area contributed by atoms with Crippen molar-refractivity contribution in [2.45, 2.75) is 12.6 Å². The molecule has 9 heteroatoms. The molecule has 1 aliphatic heterocycles. The predicted molar refractivity (Wildman–Crippen MR) is 113 cm³/mol. The van der Waals surface area contributed by atoms with Crippen LogP contribution in [0.3, 0.4) is 0 Å². The molecule has 2 aromatic carbocycles. The zero-order valence-electron chi connectivity index (χ0n) is 16.9. The fraction of sp³-hybridized carbons (Fsp3) is 0.381. The van der Waals surface area contributed by atoms with Crippen LogP contribution in [0, 0.1) is 15.9 Å². The molecular formula is C21H26FN5O3. The number of rotatable bonds is 7. The second-order valence-electron chi connectivity index (χ2n) is 6.95. The van der Waals surface area contributed by atoms with Gasteiger partial charge >= 0.3 is 0 Å². The van der Waals surface area contributed by atoms with E-state index in [1.165, 1.54) is 24.3 Å². The van der Waals surface area contributed by atoms with E-state index in [2.05, 4.69) is 20.5 Å². The molecule has 1 heterocycles. The molecule has 0 aliphatic carbocycles. The molecule has 1 unspecified atom stereocenters. The molecule has 2 N–H and O–H groups in total. The lowest BCUT2D eigenvalue weighted by Gasteiger charge is -2.35. The first-order valence-corrected chi connectivity index (χ1v) is 9.82. The molecule has 30 heavy (non-hydrogen) atoms. The van der Waals surface area contributed by atoms with Crippen molar-refractivity contribution in [1.29, 1.82) is 0 Å². The summed E-state index contributed by atoms with van der Waals surface area (Å²) in [5.74, 6) is 0.363. The maximum atomic E-state index is 13.4. The number of benzene rings is 2. The van der Waals surface area contributed by atoms with Crippen LogP contribution < -0.4 is 10.6 Å². The van der Waals surface area contributed by atoms with Crippen LogP contribution in [0.1, 0.15) is 17.2 Å². The second kappa shape index (κ2) is 10.7. The fourth-order valence-electron chi connectivity index (χ4n) is 3.37. The summed E-state index contributed by atoms with van der Waals surface area (Å²) in [6.07, 6.45) is 0. The third-order valence-corrected chi connectivity index (χ3v) is 5.03. The first kappa shape index (κ1) is 21.7. The number of nitrogens with zero attached hydrogens (tertiary/aromatic N) is 3. The summed E-state index contributed by atoms with van der Waals surface area (Å²) in [5.41, 5.74) is 2.00. The van der Waals surface area contributed by atoms with Crippen LogP contribution in [-0.2, 0) is 11.3 Å². The third-order valence-electron chi connectivity index (χ3n) is 5.03. The summed E-state index contributed by atoms with van der Waals surface area (Å²) >= 11 is 0. The summed E-state index contributed by atoms with van der Waals surface area (Å²) in [6, 6.07) is 13.0. The molecule has 2 aromatic rings. The Bertz CT molecular complexity index is 852. The number of non-ortho nitro benzene ring substituents is 1. The van der Waals surface area contributed by atoms with Gasteiger partial charge in [-0.1, -0.05) is 24.3 Å². The van der Waals surface area contributed by atoms with E-state index in [4.69, 9.17) is 4.74 Å². The highest BCUT2D eigenvalue weighted by Crippen LogP contribution is 2.21. The lowest BCUT2D eigenvalue weighted by atomic mass is 10.0. The smallest absolute Gasteiger partial charge is 0.269 e. The van der Waals surface area contributed by atoms with Gasteiger partial charge in [-0.3, -0.25) is 20.0 Å². The molecule has 0 radical (unpaired) electrons. The quantitative estimate of drug-likeness (QED) is 0.312. The van der Waals surface area contributed by atoms with Crippen molar-refractivity contribution in [1.82, 2.24) is 15.5 Å². The molecule has 3 rings (SSSR count). The molecule has 1 aliphatic rings. The number of halogens is 1. The van der Waals surface area contributed by atoms with Crippen LogP contribution in [0.5, 0.6) is 0 Å². The second-order valence-corrected chi connectivity index (χ2v) is 6.95. The van der Waals surface area contributed by atoms with E-state index in [0.717, 1.165) is 24.2 Å². The molecule has 1 fully saturated rings. The van der Waals surface area contributed by atoms with Gasteiger partial charge in [-0.15, -0.1) is 0 Å². The first-order valence-electron chi connectivity index (χ1n) is 9.82. The molecule has 0 amide bonds. The minimum atomic E-state index is -0.418. The van der Waals surface area contributed by atoms with Gasteiger partial charge < -0.3 is 15.4 Å². The Labute approximate surface area is 174 Å². The van der Waals surface area contributed by atoms with Crippen LogP contribution in [0.2, 0.25) is 0 Å². The van der Waals surface area contributed by atoms with E-state index in [-0.39, 0.29) is 17.5 Å². The Morgan fingerprint density at radius 2 is 1.83 bits per heavy atom. The SMILES string of the molecule is CN=C(NCc1ccc([N+](=O)[O-])cc1)NCC(c1ccc(F)cc1)N1CCOCC1. The van der Waals surface area contributed by atoms with Crippen molar-refractivity contribution in [3.05, 3.63) is 75.6 Å². The normalized spacial score (nSPS) is 16.1. The van der Waals surface area contributed by atoms with Crippen LogP contribution in [-0.4, -0.2) is 55.7 Å². The Hall–Kier alpha value is -3.04. The monoisotopic (exact) mass is 415 g/mol. The Kier molecular flexibility index (Phi) is 7.69. The maximum Gasteiger partial charge on any atom is 0.269 e. The van der Waals surface area contributed by atoms with Crippen LogP contribution in [0.4, 0.5) is 10.1 Å². The molecule has 0 saturated carbocycles. The highest BCUT2D eigenvalue weighted by molar-refractivity contribution is 5.79. The number of morpholine rings is 1. The fourth-order valence-corrected chi connectivity index (χ4v) is 3.37. The van der Waals surface area contributed by atoms with Gasteiger partial charge in [0.15, 0.2) is 5.96 Å². The van der Waals surface area contributed by atoms with Crippen LogP contribution >= 0.6 is 0 Å². The van der Waals surface area contributed by atoms with Crippen molar-refractivity contribution in [3.63, 3.8) is 0 Å². The van der Waals surface area contributed by atoms with E-state index in [1.54, 1.807) is 19.2 Å². The van der Waals surface area contributed by atoms with Crippen LogP contribution in [0.25, 0.3) is 0 Å². The molecule has 8 nitrogen and oxygen atoms in total. The summed E-state index contributed by atoms with van der Waals surface area (Å²) in [6.45, 7) is 4.02. The summed E-state index contributed by atoms with van der Waals surface area (Å²) in [4.78, 5) is 16.9. The van der Waals surface area contributed by atoms with Gasteiger partial charge in [0.05, 0.1) is 24.2 Å². The molecule has 1 atom stereocenters. The van der Waals surface area contributed by atoms with Gasteiger partial charge in [0.1, 0.15) is 5.82 Å². The van der Waals surface area contributed by atoms with Gasteiger partial charge in [0, 0.05) is 45.4 Å². The van der Waals surface area contributed by atoms with E-state index in [1.807, 2.05) is 12.1 Å². The van der Waals surface area contributed by atoms with E-state index in [9.17, 15) is 14.5 Å². The van der Waals surface area contributed by atoms with E-state index >= 15 is 0 Å². The lowest BCUT2D eigenvalue weighted by molar-refractivity contribution is -0.384.